The number of nitrogens with zero attached hydrogens (tertiary/aromatic N) is 3. The molecule has 0 atom stereocenters. The molecule has 2 heterocycles. The first-order valence-electron chi connectivity index (χ1n) is 8.10. The van der Waals surface area contributed by atoms with E-state index in [4.69, 9.17) is 4.74 Å². The van der Waals surface area contributed by atoms with Crippen molar-refractivity contribution in [3.63, 3.8) is 0 Å². The summed E-state index contributed by atoms with van der Waals surface area (Å²) in [7, 11) is 1.89. The minimum atomic E-state index is -0.0579. The Labute approximate surface area is 136 Å². The van der Waals surface area contributed by atoms with Gasteiger partial charge in [-0.05, 0) is 43.5 Å². The van der Waals surface area contributed by atoms with E-state index < -0.39 is 0 Å². The van der Waals surface area contributed by atoms with Crippen LogP contribution in [0.3, 0.4) is 0 Å². The summed E-state index contributed by atoms with van der Waals surface area (Å²) in [5.41, 5.74) is 4.62. The number of carbonyl (C=O) groups is 1. The van der Waals surface area contributed by atoms with E-state index in [1.807, 2.05) is 33.0 Å². The number of anilines is 1. The molecule has 5 heteroatoms. The van der Waals surface area contributed by atoms with E-state index in [0.717, 1.165) is 41.1 Å². The molecule has 1 aliphatic rings. The number of hydrogen-bond donors (Lipinski definition) is 0. The first kappa shape index (κ1) is 15.6. The molecule has 0 bridgehead atoms. The average molecular weight is 313 g/mol. The van der Waals surface area contributed by atoms with E-state index >= 15 is 0 Å². The fraction of sp³-hybridized carbons (Fsp3) is 0.444. The van der Waals surface area contributed by atoms with E-state index in [9.17, 15) is 4.79 Å². The number of ether oxygens (including phenoxy) is 1. The number of hydrogen-bond acceptors (Lipinski definition) is 3. The minimum Gasteiger partial charge on any atom is -0.489 e. The van der Waals surface area contributed by atoms with Crippen molar-refractivity contribution in [3.05, 3.63) is 40.7 Å². The average Bonchev–Trinajstić information content (AvgIpc) is 2.87. The molecule has 1 amide bonds. The number of aromatic nitrogens is 2. The monoisotopic (exact) mass is 313 g/mol. The molecule has 0 saturated carbocycles. The fourth-order valence-electron chi connectivity index (χ4n) is 3.13. The van der Waals surface area contributed by atoms with E-state index in [-0.39, 0.29) is 5.91 Å². The SMILES string of the molecule is CCCc1cc(C(=O)N2CCOc3c(C)cc(C)cc32)nn1C. The molecular weight excluding hydrogens is 290 g/mol. The maximum absolute atomic E-state index is 12.9. The van der Waals surface area contributed by atoms with Gasteiger partial charge >= 0.3 is 0 Å². The van der Waals surface area contributed by atoms with Crippen molar-refractivity contribution in [2.24, 2.45) is 7.05 Å². The Hall–Kier alpha value is -2.30. The van der Waals surface area contributed by atoms with Gasteiger partial charge in [-0.15, -0.1) is 0 Å². The third kappa shape index (κ3) is 2.83. The van der Waals surface area contributed by atoms with Crippen molar-refractivity contribution in [1.82, 2.24) is 9.78 Å². The highest BCUT2D eigenvalue weighted by Crippen LogP contribution is 2.36. The Morgan fingerprint density at radius 1 is 1.30 bits per heavy atom. The number of aryl methyl sites for hydroxylation is 4. The summed E-state index contributed by atoms with van der Waals surface area (Å²) in [6.45, 7) is 7.23. The minimum absolute atomic E-state index is 0.0579. The van der Waals surface area contributed by atoms with Crippen LogP contribution in [0.1, 0.15) is 40.7 Å². The molecule has 0 N–H and O–H groups in total. The van der Waals surface area contributed by atoms with E-state index in [1.165, 1.54) is 0 Å². The predicted octanol–water partition coefficient (Wildman–Crippen LogP) is 3.03. The van der Waals surface area contributed by atoms with Crippen LogP contribution in [0, 0.1) is 13.8 Å². The van der Waals surface area contributed by atoms with Crippen LogP contribution in [0.5, 0.6) is 5.75 Å². The van der Waals surface area contributed by atoms with Crippen molar-refractivity contribution in [3.8, 4) is 5.75 Å². The fourth-order valence-corrected chi connectivity index (χ4v) is 3.13. The van der Waals surface area contributed by atoms with Crippen LogP contribution in [-0.2, 0) is 13.5 Å². The third-order valence-corrected chi connectivity index (χ3v) is 4.20. The molecule has 0 aliphatic carbocycles. The number of rotatable bonds is 3. The summed E-state index contributed by atoms with van der Waals surface area (Å²) in [4.78, 5) is 14.7. The summed E-state index contributed by atoms with van der Waals surface area (Å²) < 4.78 is 7.58. The van der Waals surface area contributed by atoms with Crippen molar-refractivity contribution < 1.29 is 9.53 Å². The molecule has 3 rings (SSSR count). The van der Waals surface area contributed by atoms with Gasteiger partial charge in [0, 0.05) is 12.7 Å². The molecule has 1 aromatic carbocycles. The highest BCUT2D eigenvalue weighted by molar-refractivity contribution is 6.06. The smallest absolute Gasteiger partial charge is 0.279 e. The van der Waals surface area contributed by atoms with Crippen LogP contribution in [0.25, 0.3) is 0 Å². The summed E-state index contributed by atoms with van der Waals surface area (Å²) in [6, 6.07) is 5.99. The molecular formula is C18H23N3O2. The van der Waals surface area contributed by atoms with Gasteiger partial charge in [0.2, 0.25) is 0 Å². The molecule has 1 aliphatic heterocycles. The Balaban J connectivity index is 1.97. The molecule has 2 aromatic rings. The normalized spacial score (nSPS) is 13.7. The molecule has 122 valence electrons. The summed E-state index contributed by atoms with van der Waals surface area (Å²) >= 11 is 0. The summed E-state index contributed by atoms with van der Waals surface area (Å²) in [5, 5.41) is 4.41. The molecule has 23 heavy (non-hydrogen) atoms. The van der Waals surface area contributed by atoms with Gasteiger partial charge in [-0.1, -0.05) is 19.4 Å². The second-order valence-electron chi connectivity index (χ2n) is 6.13. The largest absolute Gasteiger partial charge is 0.489 e. The maximum Gasteiger partial charge on any atom is 0.279 e. The standard InChI is InChI=1S/C18H23N3O2/c1-5-6-14-11-15(19-20(14)4)18(22)21-7-8-23-17-13(3)9-12(2)10-16(17)21/h9-11H,5-8H2,1-4H3. The van der Waals surface area contributed by atoms with Gasteiger partial charge in [-0.2, -0.15) is 5.10 Å². The Morgan fingerprint density at radius 3 is 2.83 bits per heavy atom. The number of amides is 1. The summed E-state index contributed by atoms with van der Waals surface area (Å²) in [5.74, 6) is 0.748. The van der Waals surface area contributed by atoms with Crippen molar-refractivity contribution in [1.29, 1.82) is 0 Å². The molecule has 0 saturated heterocycles. The zero-order valence-corrected chi connectivity index (χ0v) is 14.2. The molecule has 0 fully saturated rings. The van der Waals surface area contributed by atoms with Crippen LogP contribution in [0.4, 0.5) is 5.69 Å². The van der Waals surface area contributed by atoms with Crippen molar-refractivity contribution in [2.75, 3.05) is 18.1 Å². The van der Waals surface area contributed by atoms with Gasteiger partial charge in [0.15, 0.2) is 5.69 Å². The number of benzene rings is 1. The first-order chi connectivity index (χ1) is 11.0. The van der Waals surface area contributed by atoms with Crippen LogP contribution < -0.4 is 9.64 Å². The lowest BCUT2D eigenvalue weighted by molar-refractivity contribution is 0.0971. The summed E-state index contributed by atoms with van der Waals surface area (Å²) in [6.07, 6.45) is 1.96. The van der Waals surface area contributed by atoms with Crippen molar-refractivity contribution >= 4 is 11.6 Å². The molecule has 0 spiro atoms. The zero-order valence-electron chi connectivity index (χ0n) is 14.2. The topological polar surface area (TPSA) is 47.4 Å². The second kappa shape index (κ2) is 6.07. The number of carbonyl (C=O) groups excluding carboxylic acids is 1. The Kier molecular flexibility index (Phi) is 4.11. The Bertz CT molecular complexity index is 749. The lowest BCUT2D eigenvalue weighted by Gasteiger charge is -2.30. The van der Waals surface area contributed by atoms with Crippen LogP contribution >= 0.6 is 0 Å². The van der Waals surface area contributed by atoms with Crippen LogP contribution in [0.2, 0.25) is 0 Å². The van der Waals surface area contributed by atoms with Gasteiger partial charge in [-0.25, -0.2) is 0 Å². The molecule has 0 unspecified atom stereocenters. The Morgan fingerprint density at radius 2 is 2.09 bits per heavy atom. The van der Waals surface area contributed by atoms with Crippen molar-refractivity contribution in [2.45, 2.75) is 33.6 Å². The van der Waals surface area contributed by atoms with Gasteiger partial charge in [0.25, 0.3) is 5.91 Å². The lowest BCUT2D eigenvalue weighted by atomic mass is 10.1. The van der Waals surface area contributed by atoms with Gasteiger partial charge < -0.3 is 9.64 Å². The van der Waals surface area contributed by atoms with E-state index in [0.29, 0.717) is 18.8 Å². The molecule has 0 radical (unpaired) electrons. The van der Waals surface area contributed by atoms with E-state index in [2.05, 4.69) is 18.1 Å². The highest BCUT2D eigenvalue weighted by atomic mass is 16.5. The zero-order chi connectivity index (χ0) is 16.6. The second-order valence-corrected chi connectivity index (χ2v) is 6.13. The van der Waals surface area contributed by atoms with E-state index in [1.54, 1.807) is 9.58 Å². The predicted molar refractivity (Wildman–Crippen MR) is 90.3 cm³/mol. The third-order valence-electron chi connectivity index (χ3n) is 4.20. The van der Waals surface area contributed by atoms with Gasteiger partial charge in [-0.3, -0.25) is 9.48 Å². The van der Waals surface area contributed by atoms with Gasteiger partial charge in [0.1, 0.15) is 12.4 Å². The first-order valence-corrected chi connectivity index (χ1v) is 8.10. The maximum atomic E-state index is 12.9. The lowest BCUT2D eigenvalue weighted by Crippen LogP contribution is -2.38. The van der Waals surface area contributed by atoms with Gasteiger partial charge in [0.05, 0.1) is 12.2 Å². The van der Waals surface area contributed by atoms with Crippen LogP contribution in [-0.4, -0.2) is 28.8 Å². The quantitative estimate of drug-likeness (QED) is 0.875. The molecule has 1 aromatic heterocycles. The number of fused-ring (bicyclic) bond motifs is 1. The molecule has 5 nitrogen and oxygen atoms in total. The highest BCUT2D eigenvalue weighted by Gasteiger charge is 2.28. The van der Waals surface area contributed by atoms with Crippen LogP contribution in [0.15, 0.2) is 18.2 Å².